The smallest absolute Gasteiger partial charge is 0.220 e. The van der Waals surface area contributed by atoms with Gasteiger partial charge in [0.2, 0.25) is 5.91 Å². The van der Waals surface area contributed by atoms with Crippen molar-refractivity contribution in [2.45, 2.75) is 365 Å². The van der Waals surface area contributed by atoms with E-state index < -0.39 is 49.5 Å². The Bertz CT molecular complexity index is 1270. The summed E-state index contributed by atoms with van der Waals surface area (Å²) in [6.45, 7) is 3.80. The molecular formula is C66H125NO8. The minimum Gasteiger partial charge on any atom is -0.394 e. The van der Waals surface area contributed by atoms with E-state index in [0.29, 0.717) is 6.42 Å². The summed E-state index contributed by atoms with van der Waals surface area (Å²) in [6, 6.07) is -0.827. The number of aliphatic hydroxyl groups is 5. The van der Waals surface area contributed by atoms with Crippen molar-refractivity contribution in [1.29, 1.82) is 0 Å². The third kappa shape index (κ3) is 44.9. The van der Waals surface area contributed by atoms with Gasteiger partial charge in [-0.25, -0.2) is 0 Å². The van der Waals surface area contributed by atoms with Crippen molar-refractivity contribution < 1.29 is 39.8 Å². The maximum Gasteiger partial charge on any atom is 0.220 e. The van der Waals surface area contributed by atoms with Crippen molar-refractivity contribution in [3.63, 3.8) is 0 Å². The van der Waals surface area contributed by atoms with Crippen LogP contribution in [0.3, 0.4) is 0 Å². The van der Waals surface area contributed by atoms with Crippen LogP contribution in [0.4, 0.5) is 0 Å². The average molecular weight is 1060 g/mol. The largest absolute Gasteiger partial charge is 0.394 e. The van der Waals surface area contributed by atoms with Gasteiger partial charge in [0.25, 0.3) is 0 Å². The summed E-state index contributed by atoms with van der Waals surface area (Å²) in [5.41, 5.74) is 0. The highest BCUT2D eigenvalue weighted by Gasteiger charge is 2.44. The van der Waals surface area contributed by atoms with E-state index in [1.54, 1.807) is 6.08 Å². The Balaban J connectivity index is 2.13. The summed E-state index contributed by atoms with van der Waals surface area (Å²) in [6.07, 6.45) is 66.8. The van der Waals surface area contributed by atoms with Crippen LogP contribution in [-0.2, 0) is 14.3 Å². The lowest BCUT2D eigenvalue weighted by Crippen LogP contribution is -2.60. The van der Waals surface area contributed by atoms with Crippen LogP contribution >= 0.6 is 0 Å². The van der Waals surface area contributed by atoms with Crippen LogP contribution in [0.5, 0.6) is 0 Å². The minimum atomic E-state index is -1.57. The fourth-order valence-corrected chi connectivity index (χ4v) is 10.5. The number of rotatable bonds is 57. The van der Waals surface area contributed by atoms with Gasteiger partial charge in [0.1, 0.15) is 24.4 Å². The second-order valence-electron chi connectivity index (χ2n) is 22.9. The highest BCUT2D eigenvalue weighted by Crippen LogP contribution is 2.23. The van der Waals surface area contributed by atoms with Gasteiger partial charge in [-0.15, -0.1) is 0 Å². The third-order valence-corrected chi connectivity index (χ3v) is 15.7. The van der Waals surface area contributed by atoms with Gasteiger partial charge in [-0.2, -0.15) is 0 Å². The standard InChI is InChI=1S/C66H125NO8/c1-3-5-7-9-11-13-15-17-19-21-23-24-25-26-27-28-29-30-31-32-33-34-35-36-38-40-42-44-46-48-50-52-54-56-62(70)67-59(58-74-66-65(73)64(72)63(71)61(57-68)75-66)60(69)55-53-51-49-47-45-43-41-39-37-22-20-18-16-14-12-10-8-6-4-2/h37,39,45,47,53,55,59-61,63-66,68-69,71-73H,3-36,38,40-44,46,48-52,54,56-58H2,1-2H3,(H,67,70)/b39-37+,47-45+,55-53+. The number of ether oxygens (including phenoxy) is 2. The first-order chi connectivity index (χ1) is 36.8. The van der Waals surface area contributed by atoms with E-state index in [-0.39, 0.29) is 12.5 Å². The Morgan fingerprint density at radius 3 is 1.12 bits per heavy atom. The van der Waals surface area contributed by atoms with Crippen molar-refractivity contribution in [2.75, 3.05) is 13.2 Å². The normalized spacial score (nSPS) is 19.1. The molecule has 0 aromatic carbocycles. The first-order valence-corrected chi connectivity index (χ1v) is 32.7. The topological polar surface area (TPSA) is 149 Å². The summed E-state index contributed by atoms with van der Waals surface area (Å²) >= 11 is 0. The molecule has 0 radical (unpaired) electrons. The molecule has 7 atom stereocenters. The van der Waals surface area contributed by atoms with Crippen molar-refractivity contribution in [3.05, 3.63) is 36.5 Å². The Morgan fingerprint density at radius 2 is 0.760 bits per heavy atom. The summed E-state index contributed by atoms with van der Waals surface area (Å²) in [4.78, 5) is 13.1. The fraction of sp³-hybridized carbons (Fsp3) is 0.894. The van der Waals surface area contributed by atoms with E-state index in [0.717, 1.165) is 44.9 Å². The van der Waals surface area contributed by atoms with Crippen LogP contribution in [0.1, 0.15) is 322 Å². The lowest BCUT2D eigenvalue weighted by molar-refractivity contribution is -0.302. The number of aliphatic hydroxyl groups excluding tert-OH is 5. The molecule has 1 aliphatic heterocycles. The zero-order chi connectivity index (χ0) is 54.3. The molecular weight excluding hydrogens is 935 g/mol. The number of carbonyl (C=O) groups excluding carboxylic acids is 1. The number of unbranched alkanes of at least 4 members (excludes halogenated alkanes) is 43. The van der Waals surface area contributed by atoms with Gasteiger partial charge < -0.3 is 40.3 Å². The quantitative estimate of drug-likeness (QED) is 0.0261. The highest BCUT2D eigenvalue weighted by molar-refractivity contribution is 5.76. The SMILES string of the molecule is CCCCCCCCCCC/C=C/CC/C=C/CC/C=C/C(O)C(COC1OC(CO)C(O)C(O)C1O)NC(=O)CCCCCCCCCCCCCCCCCCCCCCCCCCCCCCCCCCC. The number of carbonyl (C=O) groups is 1. The van der Waals surface area contributed by atoms with Crippen LogP contribution < -0.4 is 5.32 Å². The van der Waals surface area contributed by atoms with Crippen LogP contribution in [0.15, 0.2) is 36.5 Å². The molecule has 1 rings (SSSR count). The van der Waals surface area contributed by atoms with Crippen molar-refractivity contribution in [1.82, 2.24) is 5.32 Å². The van der Waals surface area contributed by atoms with Crippen molar-refractivity contribution in [3.8, 4) is 0 Å². The zero-order valence-electron chi connectivity index (χ0n) is 49.3. The van der Waals surface area contributed by atoms with Gasteiger partial charge in [-0.1, -0.05) is 307 Å². The molecule has 1 fully saturated rings. The summed E-state index contributed by atoms with van der Waals surface area (Å²) in [7, 11) is 0. The molecule has 442 valence electrons. The second-order valence-corrected chi connectivity index (χ2v) is 22.9. The van der Waals surface area contributed by atoms with Gasteiger partial charge in [-0.05, 0) is 44.9 Å². The van der Waals surface area contributed by atoms with Crippen molar-refractivity contribution >= 4 is 5.91 Å². The summed E-state index contributed by atoms with van der Waals surface area (Å²) in [5, 5.41) is 54.6. The van der Waals surface area contributed by atoms with E-state index in [4.69, 9.17) is 9.47 Å². The summed E-state index contributed by atoms with van der Waals surface area (Å²) < 4.78 is 11.3. The van der Waals surface area contributed by atoms with Gasteiger partial charge in [-0.3, -0.25) is 4.79 Å². The molecule has 0 aliphatic carbocycles. The molecule has 9 nitrogen and oxygen atoms in total. The zero-order valence-corrected chi connectivity index (χ0v) is 49.3. The molecule has 6 N–H and O–H groups in total. The number of hydrogen-bond acceptors (Lipinski definition) is 8. The van der Waals surface area contributed by atoms with Crippen LogP contribution in [0.2, 0.25) is 0 Å². The van der Waals surface area contributed by atoms with E-state index >= 15 is 0 Å². The molecule has 0 aromatic rings. The fourth-order valence-electron chi connectivity index (χ4n) is 10.5. The molecule has 9 heteroatoms. The number of nitrogens with one attached hydrogen (secondary N) is 1. The summed E-state index contributed by atoms with van der Waals surface area (Å²) in [5.74, 6) is -0.184. The minimum absolute atomic E-state index is 0.184. The lowest BCUT2D eigenvalue weighted by Gasteiger charge is -2.40. The molecule has 1 amide bonds. The maximum atomic E-state index is 13.1. The monoisotopic (exact) mass is 1060 g/mol. The van der Waals surface area contributed by atoms with Gasteiger partial charge >= 0.3 is 0 Å². The third-order valence-electron chi connectivity index (χ3n) is 15.7. The Kier molecular flexibility index (Phi) is 53.1. The molecule has 1 aliphatic rings. The molecule has 75 heavy (non-hydrogen) atoms. The predicted octanol–water partition coefficient (Wildman–Crippen LogP) is 17.1. The number of amides is 1. The van der Waals surface area contributed by atoms with Crippen LogP contribution in [-0.4, -0.2) is 87.5 Å². The van der Waals surface area contributed by atoms with E-state index in [2.05, 4.69) is 43.5 Å². The van der Waals surface area contributed by atoms with E-state index in [1.165, 1.54) is 257 Å². The first kappa shape index (κ1) is 71.4. The molecule has 0 spiro atoms. The molecule has 7 unspecified atom stereocenters. The number of hydrogen-bond donors (Lipinski definition) is 6. The molecule has 1 saturated heterocycles. The predicted molar refractivity (Wildman–Crippen MR) is 318 cm³/mol. The van der Waals surface area contributed by atoms with Gasteiger partial charge in [0, 0.05) is 6.42 Å². The van der Waals surface area contributed by atoms with Gasteiger partial charge in [0.05, 0.1) is 25.4 Å². The Morgan fingerprint density at radius 1 is 0.440 bits per heavy atom. The first-order valence-electron chi connectivity index (χ1n) is 32.7. The molecule has 1 heterocycles. The highest BCUT2D eigenvalue weighted by atomic mass is 16.7. The number of allylic oxidation sites excluding steroid dienone is 5. The van der Waals surface area contributed by atoms with E-state index in [9.17, 15) is 30.3 Å². The Labute approximate surface area is 463 Å². The maximum absolute atomic E-state index is 13.1. The van der Waals surface area contributed by atoms with E-state index in [1.807, 2.05) is 6.08 Å². The van der Waals surface area contributed by atoms with Crippen LogP contribution in [0.25, 0.3) is 0 Å². The van der Waals surface area contributed by atoms with Gasteiger partial charge in [0.15, 0.2) is 6.29 Å². The molecule has 0 aromatic heterocycles. The lowest BCUT2D eigenvalue weighted by atomic mass is 9.99. The molecule has 0 bridgehead atoms. The van der Waals surface area contributed by atoms with Crippen LogP contribution in [0, 0.1) is 0 Å². The Hall–Kier alpha value is -1.59. The van der Waals surface area contributed by atoms with Crippen molar-refractivity contribution in [2.24, 2.45) is 0 Å². The average Bonchev–Trinajstić information content (AvgIpc) is 3.41. The second kappa shape index (κ2) is 55.7. The molecule has 0 saturated carbocycles.